The molecule has 2 aromatic rings. The first kappa shape index (κ1) is 12.3. The molecule has 0 aliphatic carbocycles. The third kappa shape index (κ3) is 2.16. The van der Waals surface area contributed by atoms with Crippen LogP contribution >= 0.6 is 0 Å². The van der Waals surface area contributed by atoms with E-state index < -0.39 is 12.2 Å². The third-order valence-corrected chi connectivity index (χ3v) is 3.52. The van der Waals surface area contributed by atoms with Gasteiger partial charge >= 0.3 is 0 Å². The average Bonchev–Trinajstić information content (AvgIpc) is 2.79. The number of hydrogen-bond donors (Lipinski definition) is 3. The zero-order valence-corrected chi connectivity index (χ0v) is 10.4. The van der Waals surface area contributed by atoms with Gasteiger partial charge in [0.1, 0.15) is 11.9 Å². The fourth-order valence-corrected chi connectivity index (χ4v) is 2.58. The number of nitrogens with zero attached hydrogens (tertiary/aromatic N) is 1. The van der Waals surface area contributed by atoms with E-state index in [1.807, 2.05) is 24.3 Å². The van der Waals surface area contributed by atoms with Crippen LogP contribution < -0.4 is 5.73 Å². The Hall–Kier alpha value is -1.69. The summed E-state index contributed by atoms with van der Waals surface area (Å²) in [5, 5.41) is 19.9. The van der Waals surface area contributed by atoms with E-state index in [1.54, 1.807) is 6.07 Å². The molecule has 1 aromatic heterocycles. The highest BCUT2D eigenvalue weighted by Crippen LogP contribution is 2.36. The predicted octanol–water partition coefficient (Wildman–Crippen LogP) is 1.00. The lowest BCUT2D eigenvalue weighted by Gasteiger charge is -2.15. The van der Waals surface area contributed by atoms with Gasteiger partial charge in [0.05, 0.1) is 24.3 Å². The second-order valence-electron chi connectivity index (χ2n) is 4.80. The van der Waals surface area contributed by atoms with Gasteiger partial charge in [0.15, 0.2) is 0 Å². The number of para-hydroxylation sites is 1. The first-order chi connectivity index (χ1) is 9.19. The maximum Gasteiger partial charge on any atom is 0.124 e. The van der Waals surface area contributed by atoms with E-state index >= 15 is 0 Å². The monoisotopic (exact) mass is 260 g/mol. The number of fused-ring (bicyclic) bond motifs is 1. The molecule has 1 fully saturated rings. The SMILES string of the molecule is Nc1cc([C@H]2C[C@H](O)[C@@H](CO)O2)c2ccccc2n1. The van der Waals surface area contributed by atoms with E-state index in [1.165, 1.54) is 0 Å². The lowest BCUT2D eigenvalue weighted by atomic mass is 10.0. The van der Waals surface area contributed by atoms with Crippen molar-refractivity contribution in [3.63, 3.8) is 0 Å². The Labute approximate surface area is 110 Å². The number of nitrogens with two attached hydrogens (primary N) is 1. The number of rotatable bonds is 2. The molecule has 5 heteroatoms. The number of hydrogen-bond acceptors (Lipinski definition) is 5. The Kier molecular flexibility index (Phi) is 3.10. The highest BCUT2D eigenvalue weighted by molar-refractivity contribution is 5.84. The summed E-state index contributed by atoms with van der Waals surface area (Å²) >= 11 is 0. The maximum atomic E-state index is 9.83. The number of aromatic nitrogens is 1. The summed E-state index contributed by atoms with van der Waals surface area (Å²) in [5.41, 5.74) is 7.54. The highest BCUT2D eigenvalue weighted by atomic mass is 16.5. The van der Waals surface area contributed by atoms with E-state index in [-0.39, 0.29) is 12.7 Å². The molecule has 0 bridgehead atoms. The number of ether oxygens (including phenoxy) is 1. The van der Waals surface area contributed by atoms with Crippen molar-refractivity contribution in [3.05, 3.63) is 35.9 Å². The van der Waals surface area contributed by atoms with Crippen LogP contribution in [0.25, 0.3) is 10.9 Å². The van der Waals surface area contributed by atoms with Crippen LogP contribution in [-0.4, -0.2) is 34.0 Å². The fourth-order valence-electron chi connectivity index (χ4n) is 2.58. The second-order valence-corrected chi connectivity index (χ2v) is 4.80. The third-order valence-electron chi connectivity index (χ3n) is 3.52. The molecule has 0 unspecified atom stereocenters. The zero-order chi connectivity index (χ0) is 13.4. The van der Waals surface area contributed by atoms with Crippen LogP contribution in [-0.2, 0) is 4.74 Å². The van der Waals surface area contributed by atoms with Crippen LogP contribution in [0.4, 0.5) is 5.82 Å². The fraction of sp³-hybridized carbons (Fsp3) is 0.357. The number of aliphatic hydroxyl groups excluding tert-OH is 2. The molecular formula is C14H16N2O3. The first-order valence-electron chi connectivity index (χ1n) is 6.28. The van der Waals surface area contributed by atoms with E-state index in [9.17, 15) is 5.11 Å². The molecule has 4 N–H and O–H groups in total. The van der Waals surface area contributed by atoms with Gasteiger partial charge in [-0.1, -0.05) is 18.2 Å². The number of pyridine rings is 1. The standard InChI is InChI=1S/C14H16N2O3/c15-14-5-9(8-3-1-2-4-10(8)16-14)12-6-11(18)13(7-17)19-12/h1-5,11-13,17-18H,6-7H2,(H2,15,16)/t11-,12+,13+/m0/s1. The summed E-state index contributed by atoms with van der Waals surface area (Å²) in [7, 11) is 0. The minimum atomic E-state index is -0.650. The molecule has 3 atom stereocenters. The van der Waals surface area contributed by atoms with Crippen LogP contribution in [0.2, 0.25) is 0 Å². The molecule has 3 rings (SSSR count). The van der Waals surface area contributed by atoms with Crippen molar-refractivity contribution in [2.75, 3.05) is 12.3 Å². The Morgan fingerprint density at radius 2 is 2.16 bits per heavy atom. The summed E-state index contributed by atoms with van der Waals surface area (Å²) in [6.45, 7) is -0.184. The van der Waals surface area contributed by atoms with Crippen LogP contribution in [0.3, 0.4) is 0 Å². The smallest absolute Gasteiger partial charge is 0.124 e. The Bertz CT molecular complexity index is 602. The molecule has 0 saturated carbocycles. The average molecular weight is 260 g/mol. The van der Waals surface area contributed by atoms with Crippen molar-refractivity contribution < 1.29 is 14.9 Å². The van der Waals surface area contributed by atoms with Crippen molar-refractivity contribution in [2.24, 2.45) is 0 Å². The highest BCUT2D eigenvalue weighted by Gasteiger charge is 2.35. The van der Waals surface area contributed by atoms with Gasteiger partial charge in [0.2, 0.25) is 0 Å². The van der Waals surface area contributed by atoms with E-state index in [4.69, 9.17) is 15.6 Å². The van der Waals surface area contributed by atoms with Gasteiger partial charge in [-0.25, -0.2) is 4.98 Å². The molecule has 0 amide bonds. The largest absolute Gasteiger partial charge is 0.394 e. The van der Waals surface area contributed by atoms with Gasteiger partial charge in [0.25, 0.3) is 0 Å². The lowest BCUT2D eigenvalue weighted by Crippen LogP contribution is -2.24. The van der Waals surface area contributed by atoms with E-state index in [0.29, 0.717) is 12.2 Å². The molecule has 2 heterocycles. The molecule has 0 spiro atoms. The number of anilines is 1. The van der Waals surface area contributed by atoms with Gasteiger partial charge in [-0.2, -0.15) is 0 Å². The van der Waals surface area contributed by atoms with Gasteiger partial charge in [-0.05, 0) is 17.7 Å². The quantitative estimate of drug-likeness (QED) is 0.749. The van der Waals surface area contributed by atoms with E-state index in [2.05, 4.69) is 4.98 Å². The minimum absolute atomic E-state index is 0.184. The predicted molar refractivity (Wildman–Crippen MR) is 71.5 cm³/mol. The Morgan fingerprint density at radius 3 is 2.89 bits per heavy atom. The van der Waals surface area contributed by atoms with Crippen molar-refractivity contribution in [2.45, 2.75) is 24.7 Å². The molecule has 1 aliphatic rings. The lowest BCUT2D eigenvalue weighted by molar-refractivity contribution is -0.0222. The number of benzene rings is 1. The maximum absolute atomic E-state index is 9.83. The van der Waals surface area contributed by atoms with Crippen LogP contribution in [0, 0.1) is 0 Å². The normalized spacial score (nSPS) is 26.9. The molecule has 5 nitrogen and oxygen atoms in total. The minimum Gasteiger partial charge on any atom is -0.394 e. The molecule has 1 aromatic carbocycles. The molecule has 19 heavy (non-hydrogen) atoms. The van der Waals surface area contributed by atoms with Crippen LogP contribution in [0.1, 0.15) is 18.1 Å². The van der Waals surface area contributed by atoms with Crippen molar-refractivity contribution >= 4 is 16.7 Å². The topological polar surface area (TPSA) is 88.6 Å². The number of aliphatic hydroxyl groups is 2. The molecule has 1 saturated heterocycles. The second kappa shape index (κ2) is 4.77. The number of nitrogen functional groups attached to an aromatic ring is 1. The summed E-state index contributed by atoms with van der Waals surface area (Å²) in [6.07, 6.45) is -0.984. The zero-order valence-electron chi connectivity index (χ0n) is 10.4. The summed E-state index contributed by atoms with van der Waals surface area (Å²) in [4.78, 5) is 4.28. The van der Waals surface area contributed by atoms with Crippen molar-refractivity contribution in [1.82, 2.24) is 4.98 Å². The van der Waals surface area contributed by atoms with Crippen LogP contribution in [0.15, 0.2) is 30.3 Å². The van der Waals surface area contributed by atoms with Gasteiger partial charge < -0.3 is 20.7 Å². The van der Waals surface area contributed by atoms with Gasteiger partial charge in [-0.3, -0.25) is 0 Å². The van der Waals surface area contributed by atoms with Crippen molar-refractivity contribution in [1.29, 1.82) is 0 Å². The Balaban J connectivity index is 2.05. The molecule has 100 valence electrons. The van der Waals surface area contributed by atoms with Crippen LogP contribution in [0.5, 0.6) is 0 Å². The van der Waals surface area contributed by atoms with E-state index in [0.717, 1.165) is 16.5 Å². The first-order valence-corrected chi connectivity index (χ1v) is 6.28. The van der Waals surface area contributed by atoms with Gasteiger partial charge in [-0.15, -0.1) is 0 Å². The Morgan fingerprint density at radius 1 is 1.37 bits per heavy atom. The summed E-state index contributed by atoms with van der Waals surface area (Å²) < 4.78 is 5.69. The molecule has 0 radical (unpaired) electrons. The summed E-state index contributed by atoms with van der Waals surface area (Å²) in [6, 6.07) is 9.46. The molecular weight excluding hydrogens is 244 g/mol. The summed E-state index contributed by atoms with van der Waals surface area (Å²) in [5.74, 6) is 0.430. The van der Waals surface area contributed by atoms with Crippen molar-refractivity contribution in [3.8, 4) is 0 Å². The van der Waals surface area contributed by atoms with Gasteiger partial charge in [0, 0.05) is 11.8 Å². The molecule has 1 aliphatic heterocycles.